The molecular weight excluding hydrogens is 460 g/mol. The number of aromatic nitrogens is 2. The van der Waals surface area contributed by atoms with Gasteiger partial charge in [-0.3, -0.25) is 9.59 Å². The maximum absolute atomic E-state index is 13.0. The first-order chi connectivity index (χ1) is 17.2. The van der Waals surface area contributed by atoms with E-state index >= 15 is 0 Å². The van der Waals surface area contributed by atoms with Gasteiger partial charge in [0.15, 0.2) is 0 Å². The highest BCUT2D eigenvalue weighted by atomic mass is 16.5. The number of hydrogen-bond donors (Lipinski definition) is 1. The third-order valence-electron chi connectivity index (χ3n) is 6.23. The number of nitrogens with one attached hydrogen (secondary N) is 1. The minimum atomic E-state index is -0.222. The molecule has 2 aromatic carbocycles. The summed E-state index contributed by atoms with van der Waals surface area (Å²) in [6.07, 6.45) is 1.18. The molecule has 0 aliphatic carbocycles. The molecule has 0 atom stereocenters. The second kappa shape index (κ2) is 10.4. The molecular formula is C27H32N4O5. The van der Waals surface area contributed by atoms with Crippen LogP contribution in [0.15, 0.2) is 47.0 Å². The molecule has 0 bridgehead atoms. The summed E-state index contributed by atoms with van der Waals surface area (Å²) >= 11 is 0. The lowest BCUT2D eigenvalue weighted by molar-refractivity contribution is -0.121. The minimum absolute atomic E-state index is 0.0486. The summed E-state index contributed by atoms with van der Waals surface area (Å²) in [6.45, 7) is 7.05. The van der Waals surface area contributed by atoms with Crippen molar-refractivity contribution in [1.82, 2.24) is 15.0 Å². The molecule has 36 heavy (non-hydrogen) atoms. The zero-order valence-corrected chi connectivity index (χ0v) is 21.3. The first-order valence-electron chi connectivity index (χ1n) is 12.0. The van der Waals surface area contributed by atoms with Crippen LogP contribution in [-0.4, -0.2) is 54.2 Å². The molecule has 0 spiro atoms. The zero-order chi connectivity index (χ0) is 25.9. The van der Waals surface area contributed by atoms with Crippen LogP contribution in [0.1, 0.15) is 49.9 Å². The maximum atomic E-state index is 13.0. The summed E-state index contributed by atoms with van der Waals surface area (Å²) in [4.78, 5) is 32.1. The fourth-order valence-electron chi connectivity index (χ4n) is 4.05. The summed E-state index contributed by atoms with van der Waals surface area (Å²) in [7, 11) is 3.10. The van der Waals surface area contributed by atoms with Crippen LogP contribution in [0, 0.1) is 5.92 Å². The van der Waals surface area contributed by atoms with Crippen molar-refractivity contribution in [1.29, 1.82) is 0 Å². The molecule has 9 heteroatoms. The fourth-order valence-corrected chi connectivity index (χ4v) is 4.05. The maximum Gasteiger partial charge on any atom is 0.254 e. The van der Waals surface area contributed by atoms with Gasteiger partial charge in [-0.15, -0.1) is 0 Å². The number of piperidine rings is 1. The smallest absolute Gasteiger partial charge is 0.254 e. The second-order valence-electron chi connectivity index (χ2n) is 9.91. The molecule has 0 unspecified atom stereocenters. The van der Waals surface area contributed by atoms with Gasteiger partial charge in [0, 0.05) is 47.3 Å². The van der Waals surface area contributed by atoms with E-state index < -0.39 is 0 Å². The Labute approximate surface area is 210 Å². The monoisotopic (exact) mass is 492 g/mol. The second-order valence-corrected chi connectivity index (χ2v) is 9.91. The third-order valence-corrected chi connectivity index (χ3v) is 6.23. The first kappa shape index (κ1) is 25.2. The topological polar surface area (TPSA) is 107 Å². The van der Waals surface area contributed by atoms with Gasteiger partial charge >= 0.3 is 0 Å². The van der Waals surface area contributed by atoms with Crippen LogP contribution < -0.4 is 14.8 Å². The minimum Gasteiger partial charge on any atom is -0.497 e. The summed E-state index contributed by atoms with van der Waals surface area (Å²) in [5.74, 6) is 1.90. The highest BCUT2D eigenvalue weighted by Gasteiger charge is 2.28. The number of nitrogens with zero attached hydrogens (tertiary/aromatic N) is 3. The van der Waals surface area contributed by atoms with Gasteiger partial charge in [0.05, 0.1) is 14.2 Å². The molecule has 1 saturated heterocycles. The Hall–Kier alpha value is -3.88. The quantitative estimate of drug-likeness (QED) is 0.538. The molecule has 2 amide bonds. The summed E-state index contributed by atoms with van der Waals surface area (Å²) in [6, 6.07) is 12.5. The number of carbonyl (C=O) groups excluding carboxylic acids is 2. The summed E-state index contributed by atoms with van der Waals surface area (Å²) in [5.41, 5.74) is 1.80. The van der Waals surface area contributed by atoms with Crippen LogP contribution in [0.2, 0.25) is 0 Å². The van der Waals surface area contributed by atoms with E-state index in [9.17, 15) is 9.59 Å². The third kappa shape index (κ3) is 5.67. The summed E-state index contributed by atoms with van der Waals surface area (Å²) < 4.78 is 15.9. The molecule has 2 heterocycles. The molecule has 190 valence electrons. The number of ether oxygens (including phenoxy) is 2. The normalized spacial score (nSPS) is 14.4. The van der Waals surface area contributed by atoms with E-state index in [1.165, 1.54) is 0 Å². The van der Waals surface area contributed by atoms with Crippen molar-refractivity contribution in [2.75, 3.05) is 32.6 Å². The zero-order valence-electron chi connectivity index (χ0n) is 21.3. The van der Waals surface area contributed by atoms with E-state index in [4.69, 9.17) is 14.0 Å². The average molecular weight is 493 g/mol. The Balaban J connectivity index is 1.33. The van der Waals surface area contributed by atoms with Crippen LogP contribution >= 0.6 is 0 Å². The van der Waals surface area contributed by atoms with Gasteiger partial charge in [0.2, 0.25) is 17.6 Å². The number of likely N-dealkylation sites (tertiary alicyclic amines) is 1. The van der Waals surface area contributed by atoms with Crippen LogP contribution in [-0.2, 0) is 10.2 Å². The van der Waals surface area contributed by atoms with E-state index in [2.05, 4.69) is 15.5 Å². The lowest BCUT2D eigenvalue weighted by Crippen LogP contribution is -2.41. The number of carbonyl (C=O) groups is 2. The van der Waals surface area contributed by atoms with Crippen molar-refractivity contribution in [2.45, 2.75) is 39.0 Å². The van der Waals surface area contributed by atoms with Crippen molar-refractivity contribution in [3.63, 3.8) is 0 Å². The summed E-state index contributed by atoms with van der Waals surface area (Å²) in [5, 5.41) is 7.05. The van der Waals surface area contributed by atoms with E-state index in [-0.39, 0.29) is 23.1 Å². The number of benzene rings is 2. The Kier molecular flexibility index (Phi) is 7.28. The standard InChI is InChI=1S/C27H32N4O5/c1-27(2,3)26-29-23(30-36-26)17-6-8-20(9-7-17)28-24(32)18-10-12-31(13-11-18)25(33)19-14-21(34-4)16-22(15-19)35-5/h6-9,14-16,18H,10-13H2,1-5H3,(H,28,32). The SMILES string of the molecule is COc1cc(OC)cc(C(=O)N2CCC(C(=O)Nc3ccc(-c4noc(C(C)(C)C)n4)cc3)CC2)c1. The van der Waals surface area contributed by atoms with E-state index in [1.54, 1.807) is 37.3 Å². The molecule has 1 aromatic heterocycles. The molecule has 3 aromatic rings. The molecule has 1 N–H and O–H groups in total. The van der Waals surface area contributed by atoms with Gasteiger partial charge in [-0.25, -0.2) is 0 Å². The fraction of sp³-hybridized carbons (Fsp3) is 0.407. The van der Waals surface area contributed by atoms with Crippen molar-refractivity contribution >= 4 is 17.5 Å². The van der Waals surface area contributed by atoms with E-state index in [0.29, 0.717) is 60.4 Å². The van der Waals surface area contributed by atoms with E-state index in [1.807, 2.05) is 45.0 Å². The molecule has 1 aliphatic rings. The highest BCUT2D eigenvalue weighted by Crippen LogP contribution is 2.27. The number of anilines is 1. The number of hydrogen-bond acceptors (Lipinski definition) is 7. The van der Waals surface area contributed by atoms with Gasteiger partial charge in [-0.2, -0.15) is 4.98 Å². The van der Waals surface area contributed by atoms with Gasteiger partial charge in [-0.1, -0.05) is 25.9 Å². The van der Waals surface area contributed by atoms with Crippen LogP contribution in [0.3, 0.4) is 0 Å². The van der Waals surface area contributed by atoms with Crippen LogP contribution in [0.25, 0.3) is 11.4 Å². The Morgan fingerprint density at radius 3 is 2.14 bits per heavy atom. The average Bonchev–Trinajstić information content (AvgIpc) is 3.39. The number of methoxy groups -OCH3 is 2. The lowest BCUT2D eigenvalue weighted by atomic mass is 9.95. The van der Waals surface area contributed by atoms with Gasteiger partial charge in [-0.05, 0) is 49.2 Å². The van der Waals surface area contributed by atoms with Gasteiger partial charge < -0.3 is 24.2 Å². The lowest BCUT2D eigenvalue weighted by Gasteiger charge is -2.31. The predicted octanol–water partition coefficient (Wildman–Crippen LogP) is 4.54. The molecule has 1 fully saturated rings. The van der Waals surface area contributed by atoms with Crippen LogP contribution in [0.4, 0.5) is 5.69 Å². The Bertz CT molecular complexity index is 1200. The molecule has 0 radical (unpaired) electrons. The van der Waals surface area contributed by atoms with Gasteiger partial charge in [0.1, 0.15) is 11.5 Å². The van der Waals surface area contributed by atoms with Crippen molar-refractivity contribution in [3.8, 4) is 22.9 Å². The molecule has 9 nitrogen and oxygen atoms in total. The van der Waals surface area contributed by atoms with Crippen LogP contribution in [0.5, 0.6) is 11.5 Å². The van der Waals surface area contributed by atoms with Gasteiger partial charge in [0.25, 0.3) is 5.91 Å². The van der Waals surface area contributed by atoms with E-state index in [0.717, 1.165) is 5.56 Å². The number of amides is 2. The largest absolute Gasteiger partial charge is 0.497 e. The first-order valence-corrected chi connectivity index (χ1v) is 12.0. The highest BCUT2D eigenvalue weighted by molar-refractivity contribution is 5.96. The Morgan fingerprint density at radius 2 is 1.61 bits per heavy atom. The molecule has 0 saturated carbocycles. The van der Waals surface area contributed by atoms with Crippen molar-refractivity contribution < 1.29 is 23.6 Å². The van der Waals surface area contributed by atoms with Crippen molar-refractivity contribution in [2.24, 2.45) is 5.92 Å². The van der Waals surface area contributed by atoms with Crippen molar-refractivity contribution in [3.05, 3.63) is 53.9 Å². The predicted molar refractivity (Wildman–Crippen MR) is 135 cm³/mol. The molecule has 1 aliphatic heterocycles. The molecule has 4 rings (SSSR count). The Morgan fingerprint density at radius 1 is 1.00 bits per heavy atom. The number of rotatable bonds is 6.